The van der Waals surface area contributed by atoms with Crippen LogP contribution in [0.25, 0.3) is 0 Å². The monoisotopic (exact) mass is 431 g/mol. The SMILES string of the molecule is O=c1[nH]c(=O)n([C@@H]2O[C@H](CS(=O)(=O)c3ccc([N+](=O)[O-])cc3)[C@@H](O)[C@H]2O)cc1F. The van der Waals surface area contributed by atoms with Crippen molar-refractivity contribution in [1.82, 2.24) is 9.55 Å². The molecule has 1 aromatic heterocycles. The molecular weight excluding hydrogens is 417 g/mol. The van der Waals surface area contributed by atoms with Crippen molar-refractivity contribution in [3.05, 3.63) is 67.2 Å². The number of non-ortho nitro benzene ring substituents is 1. The summed E-state index contributed by atoms with van der Waals surface area (Å²) in [6.07, 6.45) is -6.24. The Bertz CT molecular complexity index is 1160. The molecule has 0 radical (unpaired) electrons. The molecule has 0 saturated carbocycles. The van der Waals surface area contributed by atoms with Gasteiger partial charge in [0.25, 0.3) is 11.2 Å². The molecule has 0 spiro atoms. The van der Waals surface area contributed by atoms with E-state index in [4.69, 9.17) is 4.74 Å². The topological polar surface area (TPSA) is 182 Å². The molecule has 0 bridgehead atoms. The van der Waals surface area contributed by atoms with Crippen molar-refractivity contribution in [2.24, 2.45) is 0 Å². The standard InChI is InChI=1S/C15H14FN3O9S/c16-9-5-18(15(23)17-13(9)22)14-12(21)11(20)10(28-14)6-29(26,27)8-3-1-7(2-4-8)19(24)25/h1-5,10-12,14,20-21H,6H2,(H,17,22,23)/t10-,11-,12-,14-/m1/s1. The molecule has 1 saturated heterocycles. The molecule has 2 aromatic rings. The second kappa shape index (κ2) is 7.47. The van der Waals surface area contributed by atoms with Gasteiger partial charge in [0.15, 0.2) is 16.1 Å². The number of rotatable bonds is 5. The van der Waals surface area contributed by atoms with Gasteiger partial charge in [0.2, 0.25) is 5.82 Å². The summed E-state index contributed by atoms with van der Waals surface area (Å²) in [6, 6.07) is 3.98. The summed E-state index contributed by atoms with van der Waals surface area (Å²) in [4.78, 5) is 34.3. The van der Waals surface area contributed by atoms with Crippen molar-refractivity contribution in [2.75, 3.05) is 5.75 Å². The quantitative estimate of drug-likeness (QED) is 0.382. The molecule has 1 aliphatic rings. The fourth-order valence-electron chi connectivity index (χ4n) is 2.83. The number of nitrogens with zero attached hydrogens (tertiary/aromatic N) is 2. The summed E-state index contributed by atoms with van der Waals surface area (Å²) in [5, 5.41) is 30.9. The van der Waals surface area contributed by atoms with E-state index in [2.05, 4.69) is 0 Å². The van der Waals surface area contributed by atoms with Gasteiger partial charge < -0.3 is 14.9 Å². The van der Waals surface area contributed by atoms with Gasteiger partial charge in [-0.1, -0.05) is 0 Å². The molecule has 4 atom stereocenters. The van der Waals surface area contributed by atoms with Crippen molar-refractivity contribution in [1.29, 1.82) is 0 Å². The number of benzene rings is 1. The summed E-state index contributed by atoms with van der Waals surface area (Å²) in [7, 11) is -4.11. The molecule has 29 heavy (non-hydrogen) atoms. The lowest BCUT2D eigenvalue weighted by molar-refractivity contribution is -0.384. The fraction of sp³-hybridized carbons (Fsp3) is 0.333. The van der Waals surface area contributed by atoms with Gasteiger partial charge in [-0.2, -0.15) is 4.39 Å². The summed E-state index contributed by atoms with van der Waals surface area (Å²) in [5.41, 5.74) is -2.75. The maximum Gasteiger partial charge on any atom is 0.330 e. The van der Waals surface area contributed by atoms with Crippen molar-refractivity contribution >= 4 is 15.5 Å². The number of ether oxygens (including phenoxy) is 1. The van der Waals surface area contributed by atoms with Crippen LogP contribution >= 0.6 is 0 Å². The minimum absolute atomic E-state index is 0.288. The summed E-state index contributed by atoms with van der Waals surface area (Å²) < 4.78 is 44.2. The molecule has 0 unspecified atom stereocenters. The van der Waals surface area contributed by atoms with Gasteiger partial charge in [0.05, 0.1) is 21.8 Å². The zero-order valence-corrected chi connectivity index (χ0v) is 15.2. The first-order valence-electron chi connectivity index (χ1n) is 8.01. The largest absolute Gasteiger partial charge is 0.387 e. The minimum atomic E-state index is -4.11. The van der Waals surface area contributed by atoms with Crippen LogP contribution in [0.2, 0.25) is 0 Å². The zero-order chi connectivity index (χ0) is 21.5. The second-order valence-corrected chi connectivity index (χ2v) is 8.26. The summed E-state index contributed by atoms with van der Waals surface area (Å²) in [5.74, 6) is -2.18. The third-order valence-electron chi connectivity index (χ3n) is 4.33. The smallest absolute Gasteiger partial charge is 0.330 e. The Morgan fingerprint density at radius 2 is 1.83 bits per heavy atom. The number of H-pyrrole nitrogens is 1. The van der Waals surface area contributed by atoms with Gasteiger partial charge >= 0.3 is 5.69 Å². The van der Waals surface area contributed by atoms with Crippen LogP contribution in [-0.2, 0) is 14.6 Å². The predicted octanol–water partition coefficient (Wildman–Crippen LogP) is -1.32. The van der Waals surface area contributed by atoms with E-state index in [1.807, 2.05) is 0 Å². The number of nitrogens with one attached hydrogen (secondary N) is 1. The normalized spacial score (nSPS) is 24.5. The van der Waals surface area contributed by atoms with E-state index in [0.29, 0.717) is 10.8 Å². The molecule has 156 valence electrons. The number of aromatic nitrogens is 2. The van der Waals surface area contributed by atoms with Crippen LogP contribution in [0, 0.1) is 15.9 Å². The van der Waals surface area contributed by atoms with Crippen LogP contribution in [0.5, 0.6) is 0 Å². The Kier molecular flexibility index (Phi) is 5.36. The van der Waals surface area contributed by atoms with Gasteiger partial charge in [-0.25, -0.2) is 13.2 Å². The lowest BCUT2D eigenvalue weighted by atomic mass is 10.1. The minimum Gasteiger partial charge on any atom is -0.387 e. The van der Waals surface area contributed by atoms with E-state index in [0.717, 1.165) is 24.3 Å². The molecule has 3 N–H and O–H groups in total. The van der Waals surface area contributed by atoms with E-state index in [1.165, 1.54) is 0 Å². The Labute approximate surface area is 160 Å². The molecule has 3 rings (SSSR count). The Morgan fingerprint density at radius 3 is 2.41 bits per heavy atom. The Hall–Kier alpha value is -2.94. The Morgan fingerprint density at radius 1 is 1.21 bits per heavy atom. The van der Waals surface area contributed by atoms with Crippen molar-refractivity contribution in [3.8, 4) is 0 Å². The number of sulfone groups is 1. The van der Waals surface area contributed by atoms with Crippen LogP contribution < -0.4 is 11.2 Å². The van der Waals surface area contributed by atoms with E-state index in [1.54, 1.807) is 4.98 Å². The number of nitro groups is 1. The first-order valence-corrected chi connectivity index (χ1v) is 9.66. The molecule has 1 fully saturated rings. The van der Waals surface area contributed by atoms with Gasteiger partial charge in [0, 0.05) is 12.1 Å². The first-order chi connectivity index (χ1) is 13.5. The number of aliphatic hydroxyl groups excluding tert-OH is 2. The van der Waals surface area contributed by atoms with Crippen LogP contribution in [0.15, 0.2) is 44.9 Å². The number of hydrogen-bond donors (Lipinski definition) is 3. The van der Waals surface area contributed by atoms with E-state index >= 15 is 0 Å². The number of nitro benzene ring substituents is 1. The first kappa shape index (κ1) is 20.8. The number of aliphatic hydroxyl groups is 2. The molecule has 1 aromatic carbocycles. The van der Waals surface area contributed by atoms with E-state index in [9.17, 15) is 42.7 Å². The molecule has 0 aliphatic carbocycles. The maximum atomic E-state index is 13.5. The third kappa shape index (κ3) is 3.95. The van der Waals surface area contributed by atoms with Gasteiger partial charge in [-0.15, -0.1) is 0 Å². The molecule has 2 heterocycles. The molecule has 0 amide bonds. The van der Waals surface area contributed by atoms with Crippen LogP contribution in [0.1, 0.15) is 6.23 Å². The van der Waals surface area contributed by atoms with Gasteiger partial charge in [0.1, 0.15) is 18.3 Å². The highest BCUT2D eigenvalue weighted by Crippen LogP contribution is 2.30. The lowest BCUT2D eigenvalue weighted by Crippen LogP contribution is -2.39. The highest BCUT2D eigenvalue weighted by molar-refractivity contribution is 7.91. The number of aromatic amines is 1. The average molecular weight is 431 g/mol. The van der Waals surface area contributed by atoms with E-state index < -0.39 is 62.1 Å². The third-order valence-corrected chi connectivity index (χ3v) is 6.08. The van der Waals surface area contributed by atoms with Gasteiger partial charge in [-0.3, -0.25) is 24.5 Å². The molecular formula is C15H14FN3O9S. The maximum absolute atomic E-state index is 13.5. The summed E-state index contributed by atoms with van der Waals surface area (Å²) >= 11 is 0. The van der Waals surface area contributed by atoms with Crippen molar-refractivity contribution < 1.29 is 32.7 Å². The summed E-state index contributed by atoms with van der Waals surface area (Å²) in [6.45, 7) is 0. The van der Waals surface area contributed by atoms with Crippen molar-refractivity contribution in [3.63, 3.8) is 0 Å². The van der Waals surface area contributed by atoms with Crippen LogP contribution in [0.3, 0.4) is 0 Å². The van der Waals surface area contributed by atoms with Crippen LogP contribution in [0.4, 0.5) is 10.1 Å². The van der Waals surface area contributed by atoms with Crippen molar-refractivity contribution in [2.45, 2.75) is 29.4 Å². The lowest BCUT2D eigenvalue weighted by Gasteiger charge is -2.17. The second-order valence-electron chi connectivity index (χ2n) is 6.22. The number of halogens is 1. The Balaban J connectivity index is 1.85. The molecule has 1 aliphatic heterocycles. The van der Waals surface area contributed by atoms with Crippen LogP contribution in [-0.4, -0.2) is 57.2 Å². The number of hydrogen-bond acceptors (Lipinski definition) is 9. The predicted molar refractivity (Wildman–Crippen MR) is 92.4 cm³/mol. The zero-order valence-electron chi connectivity index (χ0n) is 14.3. The average Bonchev–Trinajstić information content (AvgIpc) is 2.92. The van der Waals surface area contributed by atoms with E-state index in [-0.39, 0.29) is 10.6 Å². The fourth-order valence-corrected chi connectivity index (χ4v) is 4.29. The highest BCUT2D eigenvalue weighted by Gasteiger charge is 2.46. The molecule has 12 nitrogen and oxygen atoms in total. The molecule has 14 heteroatoms. The highest BCUT2D eigenvalue weighted by atomic mass is 32.2. The van der Waals surface area contributed by atoms with Gasteiger partial charge in [-0.05, 0) is 12.1 Å².